The second kappa shape index (κ2) is 8.49. The zero-order chi connectivity index (χ0) is 25.4. The lowest BCUT2D eigenvalue weighted by molar-refractivity contribution is -0.199. The highest BCUT2D eigenvalue weighted by molar-refractivity contribution is 5.71. The summed E-state index contributed by atoms with van der Waals surface area (Å²) in [4.78, 5) is 25.0. The van der Waals surface area contributed by atoms with E-state index in [0.29, 0.717) is 0 Å². The number of nitrogens with one attached hydrogen (secondary N) is 1. The second-order valence-electron chi connectivity index (χ2n) is 8.49. The summed E-state index contributed by atoms with van der Waals surface area (Å²) < 4.78 is 45.6. The predicted octanol–water partition coefficient (Wildman–Crippen LogP) is 2.49. The fourth-order valence-electron chi connectivity index (χ4n) is 4.94. The van der Waals surface area contributed by atoms with Gasteiger partial charge in [-0.25, -0.2) is 4.79 Å². The molecule has 13 heteroatoms. The van der Waals surface area contributed by atoms with Gasteiger partial charge in [-0.1, -0.05) is 0 Å². The van der Waals surface area contributed by atoms with Crippen molar-refractivity contribution in [2.24, 2.45) is 0 Å². The Labute approximate surface area is 198 Å². The van der Waals surface area contributed by atoms with Crippen LogP contribution in [0.25, 0.3) is 0 Å². The number of amides is 1. The van der Waals surface area contributed by atoms with Gasteiger partial charge in [0.05, 0.1) is 46.9 Å². The van der Waals surface area contributed by atoms with Gasteiger partial charge in [0.25, 0.3) is 0 Å². The molecule has 4 heterocycles. The van der Waals surface area contributed by atoms with Crippen LogP contribution < -0.4 is 27.4 Å². The number of nitrogen functional groups attached to an aromatic ring is 3. The number of rotatable bonds is 4. The smallest absolute Gasteiger partial charge is 0.405 e. The monoisotopic (exact) mass is 488 g/mol. The Hall–Kier alpha value is -4.29. The molecular weight excluding hydrogens is 465 g/mol. The lowest BCUT2D eigenvalue weighted by atomic mass is 9.64. The first-order valence-corrected chi connectivity index (χ1v) is 10.4. The summed E-state index contributed by atoms with van der Waals surface area (Å²) in [5.41, 5.74) is 13.9. The number of hydrogen-bond acceptors (Lipinski definition) is 8. The van der Waals surface area contributed by atoms with E-state index in [1.807, 2.05) is 0 Å². The number of carbonyl (C=O) groups is 1. The minimum atomic E-state index is -4.86. The number of nitrogens with zero attached hydrogens (tertiary/aromatic N) is 4. The molecule has 8 N–H and O–H groups in total. The molecule has 3 aromatic rings. The number of carboxylic acid groups (broad SMARTS) is 1. The first-order chi connectivity index (χ1) is 16.5. The number of piperidine rings is 1. The van der Waals surface area contributed by atoms with Crippen molar-refractivity contribution in [3.8, 4) is 0 Å². The molecule has 2 atom stereocenters. The molecule has 3 aromatic heterocycles. The normalized spacial score (nSPS) is 22.5. The first kappa shape index (κ1) is 23.9. The Kier molecular flexibility index (Phi) is 5.79. The van der Waals surface area contributed by atoms with E-state index in [9.17, 15) is 9.90 Å². The molecule has 0 aromatic carbocycles. The van der Waals surface area contributed by atoms with Gasteiger partial charge in [0, 0.05) is 37.2 Å². The summed E-state index contributed by atoms with van der Waals surface area (Å²) >= 11 is 0. The maximum absolute atomic E-state index is 15.2. The molecule has 1 aliphatic rings. The zero-order valence-corrected chi connectivity index (χ0v) is 18.3. The molecule has 10 nitrogen and oxygen atoms in total. The van der Waals surface area contributed by atoms with Crippen molar-refractivity contribution in [2.75, 3.05) is 35.2 Å². The van der Waals surface area contributed by atoms with E-state index in [1.165, 1.54) is 54.1 Å². The van der Waals surface area contributed by atoms with Crippen LogP contribution in [0.4, 0.5) is 40.7 Å². The third kappa shape index (κ3) is 4.09. The van der Waals surface area contributed by atoms with E-state index in [-0.39, 0.29) is 40.4 Å². The standard InChI is InChI=1S/C22H23F3N8O2/c23-22(24,25)20(13-1-4-29-7-15(13)26)10-21(32-19(34)35,14-2-5-30-8-16(14)27)12-33(11-20)18-3-6-31-9-17(18)28/h1-9,32H,10-12,26-28H2,(H,34,35). The molecule has 1 saturated heterocycles. The Morgan fingerprint density at radius 2 is 1.46 bits per heavy atom. The lowest BCUT2D eigenvalue weighted by Crippen LogP contribution is -2.67. The van der Waals surface area contributed by atoms with Gasteiger partial charge in [0.15, 0.2) is 0 Å². The molecule has 2 unspecified atom stereocenters. The number of anilines is 4. The van der Waals surface area contributed by atoms with Crippen molar-refractivity contribution in [1.82, 2.24) is 20.3 Å². The zero-order valence-electron chi connectivity index (χ0n) is 18.3. The van der Waals surface area contributed by atoms with Crippen molar-refractivity contribution in [3.63, 3.8) is 0 Å². The Morgan fingerprint density at radius 3 is 1.97 bits per heavy atom. The maximum Gasteiger partial charge on any atom is 0.405 e. The van der Waals surface area contributed by atoms with E-state index in [2.05, 4.69) is 20.3 Å². The van der Waals surface area contributed by atoms with Gasteiger partial charge >= 0.3 is 12.3 Å². The topological polar surface area (TPSA) is 169 Å². The highest BCUT2D eigenvalue weighted by Crippen LogP contribution is 2.54. The minimum Gasteiger partial charge on any atom is -0.465 e. The number of nitrogens with two attached hydrogens (primary N) is 3. The van der Waals surface area contributed by atoms with Crippen LogP contribution in [-0.4, -0.2) is 45.4 Å². The van der Waals surface area contributed by atoms with Gasteiger partial charge in [0.1, 0.15) is 5.41 Å². The molecule has 1 amide bonds. The summed E-state index contributed by atoms with van der Waals surface area (Å²) in [5.74, 6) is 0. The highest BCUT2D eigenvalue weighted by Gasteiger charge is 2.64. The van der Waals surface area contributed by atoms with Crippen LogP contribution in [0.1, 0.15) is 17.5 Å². The van der Waals surface area contributed by atoms with Gasteiger partial charge < -0.3 is 32.5 Å². The summed E-state index contributed by atoms with van der Waals surface area (Å²) in [6.07, 6.45) is 0.543. The molecule has 0 bridgehead atoms. The fraction of sp³-hybridized carbons (Fsp3) is 0.273. The average molecular weight is 488 g/mol. The fourth-order valence-corrected chi connectivity index (χ4v) is 4.94. The Bertz CT molecular complexity index is 1260. The molecule has 4 rings (SSSR count). The molecule has 0 saturated carbocycles. The van der Waals surface area contributed by atoms with Gasteiger partial charge in [-0.3, -0.25) is 15.0 Å². The summed E-state index contributed by atoms with van der Waals surface area (Å²) in [6, 6.07) is 4.07. The lowest BCUT2D eigenvalue weighted by Gasteiger charge is -2.54. The van der Waals surface area contributed by atoms with Gasteiger partial charge in [-0.05, 0) is 30.2 Å². The summed E-state index contributed by atoms with van der Waals surface area (Å²) in [6.45, 7) is -0.794. The molecule has 35 heavy (non-hydrogen) atoms. The SMILES string of the molecule is Nc1cnccc1N1CC(NC(=O)O)(c2ccncc2N)CC(c2ccncc2N)(C(F)(F)F)C1. The molecule has 1 aliphatic heterocycles. The number of aromatic nitrogens is 3. The van der Waals surface area contributed by atoms with Crippen LogP contribution >= 0.6 is 0 Å². The van der Waals surface area contributed by atoms with E-state index in [4.69, 9.17) is 17.2 Å². The Balaban J connectivity index is 2.05. The van der Waals surface area contributed by atoms with Gasteiger partial charge in [0.2, 0.25) is 0 Å². The average Bonchev–Trinajstić information content (AvgIpc) is 2.78. The third-order valence-corrected chi connectivity index (χ3v) is 6.32. The van der Waals surface area contributed by atoms with Crippen molar-refractivity contribution in [2.45, 2.75) is 23.6 Å². The largest absolute Gasteiger partial charge is 0.465 e. The highest BCUT2D eigenvalue weighted by atomic mass is 19.4. The Morgan fingerprint density at radius 1 is 0.914 bits per heavy atom. The van der Waals surface area contributed by atoms with Crippen LogP contribution in [0.3, 0.4) is 0 Å². The first-order valence-electron chi connectivity index (χ1n) is 10.4. The molecular formula is C22H23F3N8O2. The van der Waals surface area contributed by atoms with Crippen molar-refractivity contribution < 1.29 is 23.1 Å². The molecule has 1 fully saturated rings. The minimum absolute atomic E-state index is 0.0320. The second-order valence-corrected chi connectivity index (χ2v) is 8.49. The van der Waals surface area contributed by atoms with Crippen LogP contribution in [0, 0.1) is 0 Å². The number of alkyl halides is 3. The number of halogens is 3. The van der Waals surface area contributed by atoms with Gasteiger partial charge in [-0.15, -0.1) is 0 Å². The van der Waals surface area contributed by atoms with E-state index in [1.54, 1.807) is 0 Å². The van der Waals surface area contributed by atoms with Crippen LogP contribution in [-0.2, 0) is 11.0 Å². The molecule has 0 aliphatic carbocycles. The third-order valence-electron chi connectivity index (χ3n) is 6.32. The van der Waals surface area contributed by atoms with Crippen LogP contribution in [0.5, 0.6) is 0 Å². The molecule has 0 spiro atoms. The van der Waals surface area contributed by atoms with Crippen molar-refractivity contribution >= 4 is 28.8 Å². The summed E-state index contributed by atoms with van der Waals surface area (Å²) in [7, 11) is 0. The molecule has 184 valence electrons. The maximum atomic E-state index is 15.2. The molecule has 0 radical (unpaired) electrons. The number of hydrogen-bond donors (Lipinski definition) is 5. The van der Waals surface area contributed by atoms with Crippen molar-refractivity contribution in [1.29, 1.82) is 0 Å². The van der Waals surface area contributed by atoms with Gasteiger partial charge in [-0.2, -0.15) is 13.2 Å². The van der Waals surface area contributed by atoms with Crippen LogP contribution in [0.2, 0.25) is 0 Å². The van der Waals surface area contributed by atoms with E-state index >= 15 is 13.2 Å². The van der Waals surface area contributed by atoms with Crippen LogP contribution in [0.15, 0.2) is 55.4 Å². The van der Waals surface area contributed by atoms with Crippen molar-refractivity contribution in [3.05, 3.63) is 66.5 Å². The quantitative estimate of drug-likeness (QED) is 0.370. The van der Waals surface area contributed by atoms with E-state index in [0.717, 1.165) is 6.20 Å². The predicted molar refractivity (Wildman–Crippen MR) is 123 cm³/mol. The van der Waals surface area contributed by atoms with E-state index < -0.39 is 36.2 Å². The number of pyridine rings is 3. The summed E-state index contributed by atoms with van der Waals surface area (Å²) in [5, 5.41) is 12.1.